The summed E-state index contributed by atoms with van der Waals surface area (Å²) in [6.07, 6.45) is 3.25. The number of aromatic nitrogens is 3. The average molecular weight is 373 g/mol. The summed E-state index contributed by atoms with van der Waals surface area (Å²) in [6, 6.07) is 9.67. The van der Waals surface area contributed by atoms with E-state index in [1.807, 2.05) is 30.3 Å². The highest BCUT2D eigenvalue weighted by atomic mass is 32.2. The van der Waals surface area contributed by atoms with Gasteiger partial charge in [0.2, 0.25) is 5.16 Å². The molecule has 2 aromatic rings. The SMILES string of the molecule is CCCC[C@@H]1C[C@@](C)(C(=O)CSc2n[nH]c(-c3ccccc3)n2)OC1=O. The van der Waals surface area contributed by atoms with Gasteiger partial charge in [0.25, 0.3) is 0 Å². The molecular weight excluding hydrogens is 350 g/mol. The summed E-state index contributed by atoms with van der Waals surface area (Å²) in [5.74, 6) is 0.335. The molecule has 6 nitrogen and oxygen atoms in total. The van der Waals surface area contributed by atoms with Gasteiger partial charge in [-0.2, -0.15) is 0 Å². The second-order valence-electron chi connectivity index (χ2n) is 6.74. The Balaban J connectivity index is 1.57. The van der Waals surface area contributed by atoms with Gasteiger partial charge in [-0.15, -0.1) is 5.10 Å². The lowest BCUT2D eigenvalue weighted by Gasteiger charge is -2.20. The molecule has 138 valence electrons. The number of aromatic amines is 1. The smallest absolute Gasteiger partial charge is 0.310 e. The largest absolute Gasteiger partial charge is 0.451 e. The van der Waals surface area contributed by atoms with E-state index in [0.29, 0.717) is 17.4 Å². The number of nitrogens with one attached hydrogen (secondary N) is 1. The minimum atomic E-state index is -1.03. The van der Waals surface area contributed by atoms with Gasteiger partial charge >= 0.3 is 5.97 Å². The third-order valence-corrected chi connectivity index (χ3v) is 5.48. The lowest BCUT2D eigenvalue weighted by atomic mass is 9.90. The average Bonchev–Trinajstić information content (AvgIpc) is 3.23. The molecule has 1 aromatic carbocycles. The third kappa shape index (κ3) is 4.15. The summed E-state index contributed by atoms with van der Waals surface area (Å²) in [7, 11) is 0. The summed E-state index contributed by atoms with van der Waals surface area (Å²) >= 11 is 1.26. The van der Waals surface area contributed by atoms with Crippen molar-refractivity contribution >= 4 is 23.5 Å². The predicted octanol–water partition coefficient (Wildman–Crippen LogP) is 3.64. The number of Topliss-reactive ketones (excluding diaryl/α,β-unsaturated/α-hetero) is 1. The summed E-state index contributed by atoms with van der Waals surface area (Å²) < 4.78 is 5.43. The molecule has 1 aromatic heterocycles. The number of ether oxygens (including phenoxy) is 1. The molecule has 0 bridgehead atoms. The molecule has 2 atom stereocenters. The van der Waals surface area contributed by atoms with Crippen molar-refractivity contribution in [2.24, 2.45) is 5.92 Å². The van der Waals surface area contributed by atoms with Crippen LogP contribution in [-0.2, 0) is 14.3 Å². The Morgan fingerprint density at radius 3 is 2.88 bits per heavy atom. The van der Waals surface area contributed by atoms with Crippen LogP contribution in [0, 0.1) is 5.92 Å². The second-order valence-corrected chi connectivity index (χ2v) is 7.68. The highest BCUT2D eigenvalue weighted by Gasteiger charge is 2.47. The zero-order chi connectivity index (χ0) is 18.6. The van der Waals surface area contributed by atoms with E-state index in [-0.39, 0.29) is 23.4 Å². The number of thioether (sulfide) groups is 1. The monoisotopic (exact) mass is 373 g/mol. The molecule has 3 rings (SSSR count). The number of esters is 1. The fourth-order valence-corrected chi connectivity index (χ4v) is 3.89. The first kappa shape index (κ1) is 18.6. The third-order valence-electron chi connectivity index (χ3n) is 4.64. The number of hydrogen-bond acceptors (Lipinski definition) is 6. The number of unbranched alkanes of at least 4 members (excludes halogenated alkanes) is 1. The molecule has 1 fully saturated rings. The molecule has 1 aliphatic rings. The summed E-state index contributed by atoms with van der Waals surface area (Å²) in [6.45, 7) is 3.80. The maximum atomic E-state index is 12.6. The van der Waals surface area contributed by atoms with E-state index in [1.165, 1.54) is 11.8 Å². The van der Waals surface area contributed by atoms with Crippen molar-refractivity contribution in [2.45, 2.75) is 50.3 Å². The van der Waals surface area contributed by atoms with Crippen molar-refractivity contribution in [3.8, 4) is 11.4 Å². The van der Waals surface area contributed by atoms with Gasteiger partial charge < -0.3 is 4.74 Å². The van der Waals surface area contributed by atoms with Crippen molar-refractivity contribution in [1.29, 1.82) is 0 Å². The molecule has 0 saturated carbocycles. The molecule has 0 radical (unpaired) electrons. The van der Waals surface area contributed by atoms with Crippen LogP contribution in [0.15, 0.2) is 35.5 Å². The Kier molecular flexibility index (Phi) is 5.76. The van der Waals surface area contributed by atoms with E-state index in [4.69, 9.17) is 4.74 Å². The summed E-state index contributed by atoms with van der Waals surface area (Å²) in [5, 5.41) is 7.54. The molecule has 0 unspecified atom stereocenters. The summed E-state index contributed by atoms with van der Waals surface area (Å²) in [4.78, 5) is 29.1. The number of nitrogens with zero attached hydrogens (tertiary/aromatic N) is 2. The summed E-state index contributed by atoms with van der Waals surface area (Å²) in [5.41, 5.74) is -0.0882. The van der Waals surface area contributed by atoms with Crippen LogP contribution >= 0.6 is 11.8 Å². The van der Waals surface area contributed by atoms with Gasteiger partial charge in [0, 0.05) is 12.0 Å². The van der Waals surface area contributed by atoms with Gasteiger partial charge in [-0.1, -0.05) is 61.9 Å². The predicted molar refractivity (Wildman–Crippen MR) is 99.7 cm³/mol. The van der Waals surface area contributed by atoms with Gasteiger partial charge in [-0.3, -0.25) is 14.7 Å². The van der Waals surface area contributed by atoms with E-state index in [1.54, 1.807) is 6.92 Å². The molecule has 1 saturated heterocycles. The lowest BCUT2D eigenvalue weighted by Crippen LogP contribution is -2.36. The fourth-order valence-electron chi connectivity index (χ4n) is 3.06. The zero-order valence-electron chi connectivity index (χ0n) is 15.0. The highest BCUT2D eigenvalue weighted by Crippen LogP contribution is 2.35. The van der Waals surface area contributed by atoms with Crippen molar-refractivity contribution in [3.63, 3.8) is 0 Å². The van der Waals surface area contributed by atoms with Crippen LogP contribution in [0.4, 0.5) is 0 Å². The van der Waals surface area contributed by atoms with Gasteiger partial charge in [-0.05, 0) is 13.3 Å². The lowest BCUT2D eigenvalue weighted by molar-refractivity contribution is -0.156. The Morgan fingerprint density at radius 2 is 2.15 bits per heavy atom. The van der Waals surface area contributed by atoms with E-state index in [2.05, 4.69) is 22.1 Å². The first-order valence-corrected chi connectivity index (χ1v) is 9.87. The zero-order valence-corrected chi connectivity index (χ0v) is 15.8. The van der Waals surface area contributed by atoms with Gasteiger partial charge in [-0.25, -0.2) is 4.98 Å². The number of rotatable bonds is 8. The molecule has 0 aliphatic carbocycles. The van der Waals surface area contributed by atoms with Crippen LogP contribution < -0.4 is 0 Å². The molecule has 7 heteroatoms. The first-order chi connectivity index (χ1) is 12.5. The van der Waals surface area contributed by atoms with Crippen LogP contribution in [0.1, 0.15) is 39.5 Å². The maximum Gasteiger partial charge on any atom is 0.310 e. The topological polar surface area (TPSA) is 84.9 Å². The Hall–Kier alpha value is -2.15. The minimum absolute atomic E-state index is 0.0964. The molecular formula is C19H23N3O3S. The van der Waals surface area contributed by atoms with Crippen molar-refractivity contribution in [3.05, 3.63) is 30.3 Å². The standard InChI is InChI=1S/C19H23N3O3S/c1-3-4-8-14-11-19(2,25-17(14)24)15(23)12-26-18-20-16(21-22-18)13-9-6-5-7-10-13/h5-7,9-10,14H,3-4,8,11-12H2,1-2H3,(H,20,21,22)/t14-,19+/m1/s1. The van der Waals surface area contributed by atoms with Crippen LogP contribution in [0.3, 0.4) is 0 Å². The molecule has 1 N–H and O–H groups in total. The van der Waals surface area contributed by atoms with Crippen LogP contribution in [0.5, 0.6) is 0 Å². The van der Waals surface area contributed by atoms with Crippen LogP contribution in [0.2, 0.25) is 0 Å². The fraction of sp³-hybridized carbons (Fsp3) is 0.474. The Morgan fingerprint density at radius 1 is 1.38 bits per heavy atom. The van der Waals surface area contributed by atoms with Gasteiger partial charge in [0.15, 0.2) is 17.2 Å². The van der Waals surface area contributed by atoms with E-state index in [9.17, 15) is 9.59 Å². The number of cyclic esters (lactones) is 1. The number of carbonyl (C=O) groups excluding carboxylic acids is 2. The van der Waals surface area contributed by atoms with E-state index in [0.717, 1.165) is 24.8 Å². The van der Waals surface area contributed by atoms with E-state index < -0.39 is 5.60 Å². The number of benzene rings is 1. The molecule has 1 aliphatic heterocycles. The van der Waals surface area contributed by atoms with Gasteiger partial charge in [0.1, 0.15) is 0 Å². The quantitative estimate of drug-likeness (QED) is 0.562. The normalized spacial score (nSPS) is 22.4. The number of H-pyrrole nitrogens is 1. The number of ketones is 1. The Labute approximate surface area is 157 Å². The van der Waals surface area contributed by atoms with Gasteiger partial charge in [0.05, 0.1) is 11.7 Å². The molecule has 2 heterocycles. The van der Waals surface area contributed by atoms with Crippen molar-refractivity contribution in [2.75, 3.05) is 5.75 Å². The van der Waals surface area contributed by atoms with Crippen molar-refractivity contribution in [1.82, 2.24) is 15.2 Å². The number of carbonyl (C=O) groups is 2. The van der Waals surface area contributed by atoms with Crippen molar-refractivity contribution < 1.29 is 14.3 Å². The molecule has 0 amide bonds. The highest BCUT2D eigenvalue weighted by molar-refractivity contribution is 7.99. The minimum Gasteiger partial charge on any atom is -0.451 e. The van der Waals surface area contributed by atoms with Crippen LogP contribution in [-0.4, -0.2) is 38.3 Å². The van der Waals surface area contributed by atoms with Crippen LogP contribution in [0.25, 0.3) is 11.4 Å². The second kappa shape index (κ2) is 8.03. The van der Waals surface area contributed by atoms with E-state index >= 15 is 0 Å². The molecule has 0 spiro atoms. The molecule has 26 heavy (non-hydrogen) atoms. The Bertz CT molecular complexity index is 777. The maximum absolute atomic E-state index is 12.6. The number of hydrogen-bond donors (Lipinski definition) is 1. The first-order valence-electron chi connectivity index (χ1n) is 8.88.